The molecule has 2 bridgehead atoms. The van der Waals surface area contributed by atoms with Gasteiger partial charge < -0.3 is 14.6 Å². The van der Waals surface area contributed by atoms with Gasteiger partial charge in [0.15, 0.2) is 8.32 Å². The topological polar surface area (TPSA) is 78.4 Å². The van der Waals surface area contributed by atoms with E-state index in [0.717, 1.165) is 16.7 Å². The van der Waals surface area contributed by atoms with Crippen molar-refractivity contribution in [3.8, 4) is 23.5 Å². The van der Waals surface area contributed by atoms with Crippen LogP contribution in [0, 0.1) is 11.3 Å². The molecule has 0 aliphatic heterocycles. The van der Waals surface area contributed by atoms with Crippen LogP contribution in [-0.2, 0) is 21.4 Å². The fourth-order valence-electron chi connectivity index (χ4n) is 5.27. The van der Waals surface area contributed by atoms with E-state index in [9.17, 15) is 23.4 Å². The molecule has 188 valence electrons. The van der Waals surface area contributed by atoms with Crippen LogP contribution in [0.25, 0.3) is 5.69 Å². The number of nitrogens with zero attached hydrogens (tertiary/aromatic N) is 2. The molecule has 0 amide bonds. The third-order valence-corrected chi connectivity index (χ3v) is 12.7. The number of aromatic hydroxyl groups is 2. The Labute approximate surface area is 204 Å². The summed E-state index contributed by atoms with van der Waals surface area (Å²) in [6.45, 7) is 13.2. The second-order valence-corrected chi connectivity index (χ2v) is 16.3. The molecular formula is C26H31F3N2O3Si. The average molecular weight is 505 g/mol. The number of benzene rings is 1. The summed E-state index contributed by atoms with van der Waals surface area (Å²) in [4.78, 5) is 0. The summed E-state index contributed by atoms with van der Waals surface area (Å²) in [6.07, 6.45) is 0.515. The highest BCUT2D eigenvalue weighted by Gasteiger charge is 2.57. The molecule has 1 heterocycles. The van der Waals surface area contributed by atoms with E-state index >= 15 is 0 Å². The van der Waals surface area contributed by atoms with Crippen molar-refractivity contribution in [3.63, 3.8) is 0 Å². The molecule has 0 saturated carbocycles. The van der Waals surface area contributed by atoms with Crippen molar-refractivity contribution in [2.45, 2.75) is 75.7 Å². The predicted octanol–water partition coefficient (Wildman–Crippen LogP) is 6.66. The maximum absolute atomic E-state index is 13.6. The summed E-state index contributed by atoms with van der Waals surface area (Å²) in [5.41, 5.74) is -1.77. The minimum Gasteiger partial charge on any atom is -0.494 e. The first-order valence-electron chi connectivity index (χ1n) is 11.6. The van der Waals surface area contributed by atoms with E-state index < -0.39 is 36.5 Å². The van der Waals surface area contributed by atoms with Gasteiger partial charge in [0.05, 0.1) is 22.9 Å². The lowest BCUT2D eigenvalue weighted by Crippen LogP contribution is -2.41. The molecule has 9 heteroatoms. The summed E-state index contributed by atoms with van der Waals surface area (Å²) in [6, 6.07) is 4.70. The quantitative estimate of drug-likeness (QED) is 0.353. The molecule has 0 fully saturated rings. The lowest BCUT2D eigenvalue weighted by atomic mass is 9.81. The second kappa shape index (κ2) is 7.65. The lowest BCUT2D eigenvalue weighted by Gasteiger charge is -2.37. The zero-order valence-corrected chi connectivity index (χ0v) is 21.8. The highest BCUT2D eigenvalue weighted by atomic mass is 28.4. The van der Waals surface area contributed by atoms with Crippen LogP contribution in [0.4, 0.5) is 13.2 Å². The first-order valence-corrected chi connectivity index (χ1v) is 14.5. The van der Waals surface area contributed by atoms with Crippen molar-refractivity contribution in [2.24, 2.45) is 0 Å². The van der Waals surface area contributed by atoms with Gasteiger partial charge in [-0.1, -0.05) is 39.8 Å². The van der Waals surface area contributed by atoms with Gasteiger partial charge in [-0.05, 0) is 49.2 Å². The molecule has 0 saturated heterocycles. The first kappa shape index (κ1) is 25.4. The normalized spacial score (nSPS) is 23.5. The van der Waals surface area contributed by atoms with E-state index in [-0.39, 0.29) is 22.5 Å². The Hall–Kier alpha value is -2.70. The summed E-state index contributed by atoms with van der Waals surface area (Å²) in [7, 11) is -2.00. The second-order valence-electron chi connectivity index (χ2n) is 11.5. The van der Waals surface area contributed by atoms with Crippen LogP contribution < -0.4 is 0 Å². The SMILES string of the molecule is CC12C=CC(CCO[Si](C)(C)C(C)(C)C)(C1)c1c2c(O)n(-c2ccc(C#N)c(C(F)(F)F)c2)c1O. The van der Waals surface area contributed by atoms with Crippen LogP contribution in [0.5, 0.6) is 11.8 Å². The molecule has 1 aromatic heterocycles. The monoisotopic (exact) mass is 504 g/mol. The minimum absolute atomic E-state index is 0.0427. The molecule has 35 heavy (non-hydrogen) atoms. The van der Waals surface area contributed by atoms with Crippen molar-refractivity contribution in [1.82, 2.24) is 4.57 Å². The van der Waals surface area contributed by atoms with Crippen molar-refractivity contribution in [3.05, 3.63) is 52.6 Å². The summed E-state index contributed by atoms with van der Waals surface area (Å²) < 4.78 is 48.1. The molecule has 1 aromatic carbocycles. The molecule has 0 spiro atoms. The van der Waals surface area contributed by atoms with Crippen molar-refractivity contribution in [2.75, 3.05) is 6.61 Å². The third-order valence-electron chi connectivity index (χ3n) is 8.15. The van der Waals surface area contributed by atoms with Crippen molar-refractivity contribution in [1.29, 1.82) is 5.26 Å². The third kappa shape index (κ3) is 3.78. The highest BCUT2D eigenvalue weighted by molar-refractivity contribution is 6.74. The summed E-state index contributed by atoms with van der Waals surface area (Å²) >= 11 is 0. The molecular weight excluding hydrogens is 473 g/mol. The molecule has 2 atom stereocenters. The van der Waals surface area contributed by atoms with E-state index in [1.807, 2.05) is 19.1 Å². The molecule has 2 aliphatic carbocycles. The number of nitriles is 1. The van der Waals surface area contributed by atoms with Crippen molar-refractivity contribution < 1.29 is 27.8 Å². The highest BCUT2D eigenvalue weighted by Crippen LogP contribution is 2.64. The minimum atomic E-state index is -4.75. The van der Waals surface area contributed by atoms with Crippen LogP contribution in [0.3, 0.4) is 0 Å². The Kier molecular flexibility index (Phi) is 5.55. The van der Waals surface area contributed by atoms with Gasteiger partial charge in [-0.2, -0.15) is 18.4 Å². The summed E-state index contributed by atoms with van der Waals surface area (Å²) in [5.74, 6) is -0.565. The fourth-order valence-corrected chi connectivity index (χ4v) is 6.31. The van der Waals surface area contributed by atoms with E-state index in [1.54, 1.807) is 6.07 Å². The van der Waals surface area contributed by atoms with Gasteiger partial charge >= 0.3 is 6.18 Å². The molecule has 4 rings (SSSR count). The van der Waals surface area contributed by atoms with Crippen LogP contribution in [-0.4, -0.2) is 29.7 Å². The van der Waals surface area contributed by atoms with Gasteiger partial charge in [-0.15, -0.1) is 0 Å². The van der Waals surface area contributed by atoms with E-state index in [1.165, 1.54) is 6.07 Å². The summed E-state index contributed by atoms with van der Waals surface area (Å²) in [5, 5.41) is 31.6. The zero-order chi connectivity index (χ0) is 26.2. The average Bonchev–Trinajstić information content (AvgIpc) is 3.30. The van der Waals surface area contributed by atoms with Crippen LogP contribution in [0.15, 0.2) is 30.4 Å². The Morgan fingerprint density at radius 3 is 2.31 bits per heavy atom. The van der Waals surface area contributed by atoms with Gasteiger partial charge in [0.2, 0.25) is 11.8 Å². The predicted molar refractivity (Wildman–Crippen MR) is 129 cm³/mol. The lowest BCUT2D eigenvalue weighted by molar-refractivity contribution is -0.137. The Morgan fingerprint density at radius 2 is 1.74 bits per heavy atom. The number of halogens is 3. The van der Waals surface area contributed by atoms with E-state index in [4.69, 9.17) is 9.69 Å². The number of alkyl halides is 3. The number of rotatable bonds is 5. The molecule has 5 nitrogen and oxygen atoms in total. The number of hydrogen-bond donors (Lipinski definition) is 2. The van der Waals surface area contributed by atoms with E-state index in [2.05, 4.69) is 33.9 Å². The maximum Gasteiger partial charge on any atom is 0.417 e. The van der Waals surface area contributed by atoms with Crippen LogP contribution in [0.1, 0.15) is 62.8 Å². The maximum atomic E-state index is 13.6. The van der Waals surface area contributed by atoms with Gasteiger partial charge in [0.25, 0.3) is 0 Å². The van der Waals surface area contributed by atoms with E-state index in [0.29, 0.717) is 30.6 Å². The van der Waals surface area contributed by atoms with Crippen LogP contribution in [0.2, 0.25) is 18.1 Å². The molecule has 2 aromatic rings. The number of aromatic nitrogens is 1. The smallest absolute Gasteiger partial charge is 0.417 e. The standard InChI is InChI=1S/C26H31F3N2O3Si/c1-23(2,3)35(5,6)34-12-11-25-10-9-24(4,15-25)19-20(25)22(33)31(21(19)32)17-8-7-16(14-30)18(13-17)26(27,28)29/h7-10,13,32-33H,11-12,15H2,1-6H3. The number of allylic oxidation sites excluding steroid dienone is 2. The van der Waals surface area contributed by atoms with Gasteiger partial charge in [0, 0.05) is 28.6 Å². The molecule has 2 aliphatic rings. The van der Waals surface area contributed by atoms with Gasteiger partial charge in [-0.25, -0.2) is 0 Å². The molecule has 2 N–H and O–H groups in total. The Bertz CT molecular complexity index is 1270. The number of hydrogen-bond acceptors (Lipinski definition) is 4. The van der Waals surface area contributed by atoms with Crippen LogP contribution >= 0.6 is 0 Å². The molecule has 2 unspecified atom stereocenters. The van der Waals surface area contributed by atoms with Gasteiger partial charge in [0.1, 0.15) is 0 Å². The largest absolute Gasteiger partial charge is 0.494 e. The van der Waals surface area contributed by atoms with Crippen molar-refractivity contribution >= 4 is 8.32 Å². The number of fused-ring (bicyclic) bond motifs is 5. The first-order chi connectivity index (χ1) is 16.0. The molecule has 0 radical (unpaired) electrons. The zero-order valence-electron chi connectivity index (χ0n) is 20.8. The Balaban J connectivity index is 1.77. The Morgan fingerprint density at radius 1 is 1.11 bits per heavy atom. The fraction of sp³-hybridized carbons (Fsp3) is 0.500. The van der Waals surface area contributed by atoms with Gasteiger partial charge in [-0.3, -0.25) is 4.57 Å².